The Hall–Kier alpha value is -3.55. The first-order chi connectivity index (χ1) is 13.2. The number of H-pyrrole nitrogens is 1. The minimum absolute atomic E-state index is 0.113. The van der Waals surface area contributed by atoms with Crippen molar-refractivity contribution in [2.75, 3.05) is 17.2 Å². The molecule has 0 aliphatic rings. The summed E-state index contributed by atoms with van der Waals surface area (Å²) in [5, 5.41) is 14.8. The van der Waals surface area contributed by atoms with E-state index in [-0.39, 0.29) is 5.69 Å². The molecule has 3 N–H and O–H groups in total. The van der Waals surface area contributed by atoms with Gasteiger partial charge in [-0.3, -0.25) is 0 Å². The molecule has 6 nitrogen and oxygen atoms in total. The van der Waals surface area contributed by atoms with Crippen molar-refractivity contribution >= 4 is 28.4 Å². The third-order valence-electron chi connectivity index (χ3n) is 4.11. The molecule has 0 bridgehead atoms. The molecule has 2 aromatic carbocycles. The van der Waals surface area contributed by atoms with Crippen LogP contribution in [0.1, 0.15) is 5.56 Å². The standard InChI is InChI=1S/C19H16F2N6/c20-13-5-6-17(15(21)9-13)25-18-11-24-27-19(26-18)22-8-7-12-10-23-16-4-2-1-3-14(12)16/h1-6,9-11,23H,7-8H2,(H2,22,25,26,27). The van der Waals surface area contributed by atoms with E-state index >= 15 is 0 Å². The van der Waals surface area contributed by atoms with E-state index in [0.29, 0.717) is 18.3 Å². The SMILES string of the molecule is Fc1ccc(Nc2cnnc(NCCc3c[nH]c4ccccc34)n2)c(F)c1. The smallest absolute Gasteiger partial charge is 0.244 e. The van der Waals surface area contributed by atoms with Crippen LogP contribution in [-0.4, -0.2) is 26.7 Å². The van der Waals surface area contributed by atoms with Crippen LogP contribution in [-0.2, 0) is 6.42 Å². The third-order valence-corrected chi connectivity index (χ3v) is 4.11. The summed E-state index contributed by atoms with van der Waals surface area (Å²) in [5.74, 6) is -0.714. The zero-order valence-electron chi connectivity index (χ0n) is 14.2. The van der Waals surface area contributed by atoms with Crippen LogP contribution >= 0.6 is 0 Å². The maximum Gasteiger partial charge on any atom is 0.244 e. The first kappa shape index (κ1) is 16.9. The van der Waals surface area contributed by atoms with Crippen molar-refractivity contribution in [1.29, 1.82) is 0 Å². The normalized spacial score (nSPS) is 10.9. The fraction of sp³-hybridized carbons (Fsp3) is 0.105. The number of para-hydroxylation sites is 1. The number of hydrogen-bond donors (Lipinski definition) is 3. The Bertz CT molecular complexity index is 1080. The first-order valence-corrected chi connectivity index (χ1v) is 8.40. The van der Waals surface area contributed by atoms with E-state index in [2.05, 4.69) is 36.9 Å². The van der Waals surface area contributed by atoms with Gasteiger partial charge in [0, 0.05) is 29.7 Å². The van der Waals surface area contributed by atoms with E-state index in [1.807, 2.05) is 24.4 Å². The molecule has 0 aliphatic heterocycles. The molecule has 136 valence electrons. The van der Waals surface area contributed by atoms with Gasteiger partial charge in [0.05, 0.1) is 11.9 Å². The number of rotatable bonds is 6. The summed E-state index contributed by atoms with van der Waals surface area (Å²) in [6, 6.07) is 11.4. The number of hydrogen-bond acceptors (Lipinski definition) is 5. The highest BCUT2D eigenvalue weighted by Gasteiger charge is 2.07. The Balaban J connectivity index is 1.40. The predicted molar refractivity (Wildman–Crippen MR) is 100.0 cm³/mol. The molecule has 0 saturated carbocycles. The largest absolute Gasteiger partial charge is 0.361 e. The zero-order chi connectivity index (χ0) is 18.6. The number of benzene rings is 2. The highest BCUT2D eigenvalue weighted by atomic mass is 19.1. The maximum absolute atomic E-state index is 13.7. The average molecular weight is 366 g/mol. The van der Waals surface area contributed by atoms with Gasteiger partial charge in [0.1, 0.15) is 11.6 Å². The summed E-state index contributed by atoms with van der Waals surface area (Å²) in [6.45, 7) is 0.609. The Morgan fingerprint density at radius 3 is 2.85 bits per heavy atom. The molecule has 0 radical (unpaired) electrons. The van der Waals surface area contributed by atoms with E-state index in [1.165, 1.54) is 29.3 Å². The third kappa shape index (κ3) is 3.84. The Morgan fingerprint density at radius 2 is 1.96 bits per heavy atom. The highest BCUT2D eigenvalue weighted by molar-refractivity contribution is 5.83. The minimum Gasteiger partial charge on any atom is -0.361 e. The molecule has 4 aromatic rings. The Morgan fingerprint density at radius 1 is 1.07 bits per heavy atom. The van der Waals surface area contributed by atoms with E-state index in [0.717, 1.165) is 18.0 Å². The van der Waals surface area contributed by atoms with Gasteiger partial charge < -0.3 is 15.6 Å². The number of fused-ring (bicyclic) bond motifs is 1. The van der Waals surface area contributed by atoms with Crippen molar-refractivity contribution in [3.63, 3.8) is 0 Å². The molecule has 8 heteroatoms. The van der Waals surface area contributed by atoms with Gasteiger partial charge in [0.25, 0.3) is 0 Å². The summed E-state index contributed by atoms with van der Waals surface area (Å²) in [6.07, 6.45) is 4.13. The van der Waals surface area contributed by atoms with E-state index in [1.54, 1.807) is 0 Å². The summed E-state index contributed by atoms with van der Waals surface area (Å²) < 4.78 is 26.7. The van der Waals surface area contributed by atoms with E-state index in [9.17, 15) is 8.78 Å². The second-order valence-corrected chi connectivity index (χ2v) is 5.95. The van der Waals surface area contributed by atoms with Crippen molar-refractivity contribution in [2.24, 2.45) is 0 Å². The number of anilines is 3. The zero-order valence-corrected chi connectivity index (χ0v) is 14.2. The van der Waals surface area contributed by atoms with E-state index < -0.39 is 11.6 Å². The van der Waals surface area contributed by atoms with Gasteiger partial charge in [-0.05, 0) is 30.2 Å². The summed E-state index contributed by atoms with van der Waals surface area (Å²) in [5.41, 5.74) is 2.40. The van der Waals surface area contributed by atoms with Crippen LogP contribution in [0.3, 0.4) is 0 Å². The molecule has 0 aliphatic carbocycles. The summed E-state index contributed by atoms with van der Waals surface area (Å²) in [7, 11) is 0. The fourth-order valence-corrected chi connectivity index (χ4v) is 2.81. The average Bonchev–Trinajstić information content (AvgIpc) is 3.08. The predicted octanol–water partition coefficient (Wildman–Crippen LogP) is 4.03. The second kappa shape index (κ2) is 7.36. The molecule has 0 saturated heterocycles. The molecule has 0 atom stereocenters. The van der Waals surface area contributed by atoms with Crippen molar-refractivity contribution in [3.05, 3.63) is 72.1 Å². The molecule has 0 spiro atoms. The number of halogens is 2. The maximum atomic E-state index is 13.7. The number of aromatic amines is 1. The molecular formula is C19H16F2N6. The van der Waals surface area contributed by atoms with Crippen LogP contribution < -0.4 is 10.6 Å². The van der Waals surface area contributed by atoms with Crippen LogP contribution in [0.25, 0.3) is 10.9 Å². The van der Waals surface area contributed by atoms with Crippen LogP contribution in [0.4, 0.5) is 26.2 Å². The topological polar surface area (TPSA) is 78.5 Å². The van der Waals surface area contributed by atoms with Crippen LogP contribution in [0.15, 0.2) is 54.9 Å². The fourth-order valence-electron chi connectivity index (χ4n) is 2.81. The number of nitrogens with one attached hydrogen (secondary N) is 3. The van der Waals surface area contributed by atoms with Crippen molar-refractivity contribution < 1.29 is 8.78 Å². The van der Waals surface area contributed by atoms with Crippen LogP contribution in [0.5, 0.6) is 0 Å². The lowest BCUT2D eigenvalue weighted by molar-refractivity contribution is 0.586. The van der Waals surface area contributed by atoms with Crippen molar-refractivity contribution in [1.82, 2.24) is 20.2 Å². The van der Waals surface area contributed by atoms with Crippen LogP contribution in [0, 0.1) is 11.6 Å². The van der Waals surface area contributed by atoms with Gasteiger partial charge >= 0.3 is 0 Å². The summed E-state index contributed by atoms with van der Waals surface area (Å²) >= 11 is 0. The molecule has 27 heavy (non-hydrogen) atoms. The molecule has 2 heterocycles. The van der Waals surface area contributed by atoms with Crippen molar-refractivity contribution in [2.45, 2.75) is 6.42 Å². The molecule has 0 unspecified atom stereocenters. The monoisotopic (exact) mass is 366 g/mol. The molecular weight excluding hydrogens is 350 g/mol. The van der Waals surface area contributed by atoms with Gasteiger partial charge in [-0.1, -0.05) is 18.2 Å². The lowest BCUT2D eigenvalue weighted by Crippen LogP contribution is -2.09. The number of aromatic nitrogens is 4. The van der Waals surface area contributed by atoms with Gasteiger partial charge in [-0.2, -0.15) is 10.1 Å². The Kier molecular flexibility index (Phi) is 4.61. The lowest BCUT2D eigenvalue weighted by Gasteiger charge is -2.08. The van der Waals surface area contributed by atoms with Gasteiger partial charge in [0.2, 0.25) is 5.95 Å². The first-order valence-electron chi connectivity index (χ1n) is 8.40. The second-order valence-electron chi connectivity index (χ2n) is 5.95. The number of nitrogens with zero attached hydrogens (tertiary/aromatic N) is 3. The van der Waals surface area contributed by atoms with Gasteiger partial charge in [-0.25, -0.2) is 8.78 Å². The van der Waals surface area contributed by atoms with Gasteiger partial charge in [-0.15, -0.1) is 5.10 Å². The quantitative estimate of drug-likeness (QED) is 0.480. The summed E-state index contributed by atoms with van der Waals surface area (Å²) in [4.78, 5) is 7.49. The van der Waals surface area contributed by atoms with Crippen LogP contribution in [0.2, 0.25) is 0 Å². The lowest BCUT2D eigenvalue weighted by atomic mass is 10.1. The molecule has 0 amide bonds. The van der Waals surface area contributed by atoms with E-state index in [4.69, 9.17) is 0 Å². The van der Waals surface area contributed by atoms with Gasteiger partial charge in [0.15, 0.2) is 5.82 Å². The molecule has 0 fully saturated rings. The molecule has 4 rings (SSSR count). The minimum atomic E-state index is -0.706. The highest BCUT2D eigenvalue weighted by Crippen LogP contribution is 2.20. The van der Waals surface area contributed by atoms with Crippen molar-refractivity contribution in [3.8, 4) is 0 Å². The Labute approximate surface area is 153 Å². The molecule has 2 aromatic heterocycles.